The van der Waals surface area contributed by atoms with E-state index in [1.807, 2.05) is 0 Å². The highest BCUT2D eigenvalue weighted by Gasteiger charge is 2.23. The standard InChI is InChI=1S/C13H6F3N6/c1-6-8(11-9(14)12(15)22-13(16)21-11)10(20-5-18-6)7-2-3-17-4-19-7/h2-4H,1H3. The molecule has 0 bridgehead atoms. The van der Waals surface area contributed by atoms with Crippen LogP contribution in [-0.2, 0) is 0 Å². The van der Waals surface area contributed by atoms with Crippen LogP contribution >= 0.6 is 0 Å². The van der Waals surface area contributed by atoms with Gasteiger partial charge in [-0.2, -0.15) is 23.1 Å². The molecular formula is C13H6F3N6. The summed E-state index contributed by atoms with van der Waals surface area (Å²) in [6.45, 7) is 1.51. The quantitative estimate of drug-likeness (QED) is 0.531. The lowest BCUT2D eigenvalue weighted by molar-refractivity contribution is 0.429. The van der Waals surface area contributed by atoms with E-state index in [-0.39, 0.29) is 17.0 Å². The second-order valence-corrected chi connectivity index (χ2v) is 4.17. The Morgan fingerprint density at radius 3 is 2.59 bits per heavy atom. The molecule has 0 atom stereocenters. The maximum Gasteiger partial charge on any atom is 0.312 e. The van der Waals surface area contributed by atoms with Gasteiger partial charge in [0.25, 0.3) is 5.95 Å². The molecule has 3 aromatic heterocycles. The van der Waals surface area contributed by atoms with Crippen molar-refractivity contribution in [2.75, 3.05) is 0 Å². The van der Waals surface area contributed by atoms with E-state index >= 15 is 0 Å². The Bertz CT molecular complexity index is 841. The number of aryl methyl sites for hydroxylation is 1. The molecule has 0 fully saturated rings. The zero-order valence-corrected chi connectivity index (χ0v) is 11.0. The molecule has 0 aliphatic carbocycles. The molecule has 0 aromatic carbocycles. The van der Waals surface area contributed by atoms with Crippen LogP contribution < -0.4 is 0 Å². The lowest BCUT2D eigenvalue weighted by Crippen LogP contribution is -2.06. The van der Waals surface area contributed by atoms with Crippen molar-refractivity contribution in [2.24, 2.45) is 0 Å². The summed E-state index contributed by atoms with van der Waals surface area (Å²) in [7, 11) is 0. The van der Waals surface area contributed by atoms with Crippen LogP contribution in [0.4, 0.5) is 13.2 Å². The molecule has 0 unspecified atom stereocenters. The maximum absolute atomic E-state index is 14.0. The van der Waals surface area contributed by atoms with E-state index < -0.39 is 23.5 Å². The van der Waals surface area contributed by atoms with Gasteiger partial charge in [0, 0.05) is 6.20 Å². The Kier molecular flexibility index (Phi) is 3.45. The van der Waals surface area contributed by atoms with Gasteiger partial charge in [-0.25, -0.2) is 19.9 Å². The van der Waals surface area contributed by atoms with Gasteiger partial charge in [0.2, 0.25) is 5.82 Å². The third-order valence-electron chi connectivity index (χ3n) is 2.82. The van der Waals surface area contributed by atoms with Crippen molar-refractivity contribution >= 4 is 0 Å². The smallest absolute Gasteiger partial charge is 0.245 e. The molecule has 3 rings (SSSR count). The molecule has 9 heteroatoms. The monoisotopic (exact) mass is 303 g/mol. The minimum Gasteiger partial charge on any atom is -0.245 e. The third kappa shape index (κ3) is 2.36. The molecule has 0 amide bonds. The number of nitrogens with zero attached hydrogens (tertiary/aromatic N) is 6. The number of hydrogen-bond donors (Lipinski definition) is 0. The van der Waals surface area contributed by atoms with Crippen LogP contribution in [0, 0.1) is 31.1 Å². The van der Waals surface area contributed by atoms with Gasteiger partial charge in [-0.1, -0.05) is 0 Å². The molecule has 6 nitrogen and oxygen atoms in total. The first-order valence-corrected chi connectivity index (χ1v) is 5.98. The Labute approximate surface area is 122 Å². The topological polar surface area (TPSA) is 77.3 Å². The SMILES string of the molecule is Cc1n[c]nc(-c2ccncn2)c1-c1nc(F)nc(F)c1F. The van der Waals surface area contributed by atoms with Crippen molar-refractivity contribution in [1.29, 1.82) is 0 Å². The predicted octanol–water partition coefficient (Wildman–Crippen LogP) is 1.92. The second kappa shape index (κ2) is 5.43. The lowest BCUT2D eigenvalue weighted by Gasteiger charge is -2.10. The normalized spacial score (nSPS) is 10.7. The molecule has 3 aromatic rings. The molecule has 0 spiro atoms. The summed E-state index contributed by atoms with van der Waals surface area (Å²) in [5.74, 6) is -2.99. The largest absolute Gasteiger partial charge is 0.312 e. The molecule has 3 heterocycles. The molecule has 0 aliphatic rings. The second-order valence-electron chi connectivity index (χ2n) is 4.17. The van der Waals surface area contributed by atoms with Gasteiger partial charge in [0.1, 0.15) is 17.7 Å². The average Bonchev–Trinajstić information content (AvgIpc) is 2.52. The first-order valence-electron chi connectivity index (χ1n) is 5.98. The number of hydrogen-bond acceptors (Lipinski definition) is 6. The van der Waals surface area contributed by atoms with Gasteiger partial charge in [0.05, 0.1) is 17.0 Å². The average molecular weight is 303 g/mol. The van der Waals surface area contributed by atoms with E-state index in [9.17, 15) is 13.2 Å². The van der Waals surface area contributed by atoms with Gasteiger partial charge in [0.15, 0.2) is 6.33 Å². The van der Waals surface area contributed by atoms with Crippen LogP contribution in [0.25, 0.3) is 22.6 Å². The van der Waals surface area contributed by atoms with Gasteiger partial charge in [-0.05, 0) is 13.0 Å². The first-order chi connectivity index (χ1) is 10.6. The molecule has 0 N–H and O–H groups in total. The fourth-order valence-electron chi connectivity index (χ4n) is 1.89. The summed E-state index contributed by atoms with van der Waals surface area (Å²) >= 11 is 0. The van der Waals surface area contributed by atoms with E-state index in [0.717, 1.165) is 0 Å². The summed E-state index contributed by atoms with van der Waals surface area (Å²) in [6, 6.07) is 1.50. The molecular weight excluding hydrogens is 297 g/mol. The minimum absolute atomic E-state index is 0.00940. The first kappa shape index (κ1) is 14.0. The van der Waals surface area contributed by atoms with Gasteiger partial charge >= 0.3 is 6.08 Å². The van der Waals surface area contributed by atoms with Crippen molar-refractivity contribution in [2.45, 2.75) is 6.92 Å². The van der Waals surface area contributed by atoms with Gasteiger partial charge in [-0.3, -0.25) is 0 Å². The molecule has 22 heavy (non-hydrogen) atoms. The minimum atomic E-state index is -1.59. The van der Waals surface area contributed by atoms with Crippen molar-refractivity contribution in [3.05, 3.63) is 48.5 Å². The number of rotatable bonds is 2. The summed E-state index contributed by atoms with van der Waals surface area (Å²) in [5.41, 5.74) is 0.108. The van der Waals surface area contributed by atoms with Crippen molar-refractivity contribution in [1.82, 2.24) is 29.9 Å². The van der Waals surface area contributed by atoms with E-state index in [0.29, 0.717) is 5.69 Å². The fourth-order valence-corrected chi connectivity index (χ4v) is 1.89. The number of aromatic nitrogens is 6. The van der Waals surface area contributed by atoms with E-state index in [1.165, 1.54) is 25.5 Å². The Balaban J connectivity index is 2.33. The Hall–Kier alpha value is -2.97. The molecule has 0 saturated carbocycles. The van der Waals surface area contributed by atoms with Crippen molar-refractivity contribution in [3.63, 3.8) is 0 Å². The predicted molar refractivity (Wildman–Crippen MR) is 67.5 cm³/mol. The molecule has 109 valence electrons. The van der Waals surface area contributed by atoms with Crippen LogP contribution in [0.2, 0.25) is 0 Å². The van der Waals surface area contributed by atoms with Crippen LogP contribution in [0.5, 0.6) is 0 Å². The summed E-state index contributed by atoms with van der Waals surface area (Å²) in [4.78, 5) is 21.4. The number of halogens is 3. The summed E-state index contributed by atoms with van der Waals surface area (Å²) < 4.78 is 40.6. The van der Waals surface area contributed by atoms with Crippen molar-refractivity contribution in [3.8, 4) is 22.6 Å². The third-order valence-corrected chi connectivity index (χ3v) is 2.82. The van der Waals surface area contributed by atoms with E-state index in [2.05, 4.69) is 36.2 Å². The van der Waals surface area contributed by atoms with Crippen LogP contribution in [-0.4, -0.2) is 29.9 Å². The van der Waals surface area contributed by atoms with Gasteiger partial charge in [-0.15, -0.1) is 0 Å². The maximum atomic E-state index is 14.0. The lowest BCUT2D eigenvalue weighted by atomic mass is 10.1. The van der Waals surface area contributed by atoms with Crippen LogP contribution in [0.15, 0.2) is 18.6 Å². The fraction of sp³-hybridized carbons (Fsp3) is 0.0769. The van der Waals surface area contributed by atoms with Crippen molar-refractivity contribution < 1.29 is 13.2 Å². The highest BCUT2D eigenvalue weighted by molar-refractivity contribution is 5.78. The molecule has 0 aliphatic heterocycles. The summed E-state index contributed by atoms with van der Waals surface area (Å²) in [5, 5.41) is 0. The Morgan fingerprint density at radius 1 is 1.05 bits per heavy atom. The highest BCUT2D eigenvalue weighted by Crippen LogP contribution is 2.31. The molecule has 1 radical (unpaired) electrons. The summed E-state index contributed by atoms with van der Waals surface area (Å²) in [6.07, 6.45) is 3.68. The van der Waals surface area contributed by atoms with Crippen LogP contribution in [0.1, 0.15) is 5.69 Å². The van der Waals surface area contributed by atoms with E-state index in [1.54, 1.807) is 0 Å². The zero-order valence-electron chi connectivity index (χ0n) is 11.0. The van der Waals surface area contributed by atoms with Crippen LogP contribution in [0.3, 0.4) is 0 Å². The van der Waals surface area contributed by atoms with E-state index in [4.69, 9.17) is 0 Å². The Morgan fingerprint density at radius 2 is 1.86 bits per heavy atom. The zero-order chi connectivity index (χ0) is 15.7. The molecule has 0 saturated heterocycles. The highest BCUT2D eigenvalue weighted by atomic mass is 19.2. The van der Waals surface area contributed by atoms with Gasteiger partial charge < -0.3 is 0 Å².